The van der Waals surface area contributed by atoms with Crippen molar-refractivity contribution in [2.75, 3.05) is 49.6 Å². The number of carbonyl (C=O) groups excluding carboxylic acids is 1. The van der Waals surface area contributed by atoms with E-state index in [2.05, 4.69) is 15.3 Å². The Morgan fingerprint density at radius 3 is 2.30 bits per heavy atom. The fourth-order valence-corrected chi connectivity index (χ4v) is 4.59. The molecule has 0 spiro atoms. The first kappa shape index (κ1) is 32.5. The molecular weight excluding hydrogens is 604 g/mol. The van der Waals surface area contributed by atoms with Gasteiger partial charge in [-0.15, -0.1) is 0 Å². The predicted molar refractivity (Wildman–Crippen MR) is 144 cm³/mol. The van der Waals surface area contributed by atoms with Gasteiger partial charge in [-0.1, -0.05) is 6.07 Å². The van der Waals surface area contributed by atoms with Crippen LogP contribution in [0.4, 0.5) is 57.1 Å². The number of piperazine rings is 1. The molecule has 44 heavy (non-hydrogen) atoms. The van der Waals surface area contributed by atoms with Crippen molar-refractivity contribution in [2.24, 2.45) is 0 Å². The SMILES string of the molecule is CC(n1nc(-c2cc(F)c(NC(=O)Nc3ccc(CN4CCN(C)CC4)c(C(F)(F)F)c3)cc2F)c(C#N)c1N)C(F)(F)F. The number of nitrogens with zero attached hydrogens (tertiary/aromatic N) is 5. The van der Waals surface area contributed by atoms with E-state index in [-0.39, 0.29) is 22.5 Å². The highest BCUT2D eigenvalue weighted by Gasteiger charge is 2.40. The molecule has 0 bridgehead atoms. The van der Waals surface area contributed by atoms with Crippen LogP contribution in [0.1, 0.15) is 29.7 Å². The van der Waals surface area contributed by atoms with Gasteiger partial charge >= 0.3 is 18.4 Å². The van der Waals surface area contributed by atoms with Gasteiger partial charge < -0.3 is 21.3 Å². The van der Waals surface area contributed by atoms with Crippen LogP contribution in [0.25, 0.3) is 11.3 Å². The lowest BCUT2D eigenvalue weighted by Crippen LogP contribution is -2.44. The first-order valence-electron chi connectivity index (χ1n) is 13.0. The molecule has 1 aliphatic rings. The molecule has 2 aromatic carbocycles. The Hall–Kier alpha value is -4.43. The zero-order valence-corrected chi connectivity index (χ0v) is 23.2. The van der Waals surface area contributed by atoms with E-state index in [1.807, 2.05) is 17.3 Å². The molecule has 2 heterocycles. The number of anilines is 3. The maximum atomic E-state index is 15.0. The molecule has 2 amide bonds. The molecule has 0 radical (unpaired) electrons. The van der Waals surface area contributed by atoms with Crippen molar-refractivity contribution < 1.29 is 39.9 Å². The van der Waals surface area contributed by atoms with Crippen LogP contribution in [0, 0.1) is 23.0 Å². The van der Waals surface area contributed by atoms with E-state index in [0.717, 1.165) is 6.07 Å². The number of benzene rings is 2. The second kappa shape index (κ2) is 12.3. The molecule has 17 heteroatoms. The Labute approximate surface area is 245 Å². The number of likely N-dealkylation sites (N-methyl/N-ethyl adjacent to an activating group) is 1. The Kier molecular flexibility index (Phi) is 9.07. The molecule has 9 nitrogen and oxygen atoms in total. The van der Waals surface area contributed by atoms with Gasteiger partial charge in [-0.2, -0.15) is 36.7 Å². The number of nitrogen functional groups attached to an aromatic ring is 1. The molecule has 4 N–H and O–H groups in total. The van der Waals surface area contributed by atoms with Crippen LogP contribution < -0.4 is 16.4 Å². The van der Waals surface area contributed by atoms with E-state index in [0.29, 0.717) is 45.2 Å². The number of nitriles is 1. The number of nitrogens with one attached hydrogen (secondary N) is 2. The summed E-state index contributed by atoms with van der Waals surface area (Å²) in [5.41, 5.74) is 1.63. The zero-order chi connectivity index (χ0) is 32.6. The van der Waals surface area contributed by atoms with Gasteiger partial charge in [0.2, 0.25) is 0 Å². The summed E-state index contributed by atoms with van der Waals surface area (Å²) < 4.78 is 111. The van der Waals surface area contributed by atoms with Crippen LogP contribution >= 0.6 is 0 Å². The molecular formula is C27H26F8N8O. The lowest BCUT2D eigenvalue weighted by atomic mass is 10.0. The van der Waals surface area contributed by atoms with Crippen LogP contribution in [0.3, 0.4) is 0 Å². The molecule has 3 aromatic rings. The third-order valence-corrected chi connectivity index (χ3v) is 7.12. The van der Waals surface area contributed by atoms with Gasteiger partial charge in [0, 0.05) is 50.0 Å². The van der Waals surface area contributed by atoms with E-state index in [1.165, 1.54) is 18.2 Å². The molecule has 1 unspecified atom stereocenters. The first-order valence-corrected chi connectivity index (χ1v) is 13.0. The van der Waals surface area contributed by atoms with E-state index >= 15 is 4.39 Å². The second-order valence-electron chi connectivity index (χ2n) is 10.2. The third kappa shape index (κ3) is 7.03. The standard InChI is InChI=1S/C27H26F8N8O/c1-14(26(30,31)32)43-24(37)18(12-36)23(40-43)17-10-21(29)22(11-20(17)28)39-25(44)38-16-4-3-15(19(9-16)27(33,34)35)13-42-7-5-41(2)6-8-42/h3-4,9-11,14H,5-8,13,37H2,1-2H3,(H2,38,39,44). The number of hydrogen-bond donors (Lipinski definition) is 3. The quantitative estimate of drug-likeness (QED) is 0.296. The van der Waals surface area contributed by atoms with Crippen LogP contribution in [0.15, 0.2) is 30.3 Å². The number of alkyl halides is 6. The summed E-state index contributed by atoms with van der Waals surface area (Å²) in [6, 6.07) is 2.20. The van der Waals surface area contributed by atoms with Crippen molar-refractivity contribution in [1.82, 2.24) is 19.6 Å². The highest BCUT2D eigenvalue weighted by Crippen LogP contribution is 2.38. The molecule has 236 valence electrons. The van der Waals surface area contributed by atoms with Gasteiger partial charge in [-0.25, -0.2) is 18.3 Å². The largest absolute Gasteiger partial charge is 0.416 e. The first-order chi connectivity index (χ1) is 20.5. The van der Waals surface area contributed by atoms with E-state index in [1.54, 1.807) is 0 Å². The molecule has 1 fully saturated rings. The average Bonchev–Trinajstić information content (AvgIpc) is 3.26. The van der Waals surface area contributed by atoms with Crippen LogP contribution in [0.5, 0.6) is 0 Å². The van der Waals surface area contributed by atoms with Gasteiger partial charge in [0.25, 0.3) is 0 Å². The minimum atomic E-state index is -4.82. The number of carbonyl (C=O) groups is 1. The number of urea groups is 1. The summed E-state index contributed by atoms with van der Waals surface area (Å²) >= 11 is 0. The van der Waals surface area contributed by atoms with Crippen molar-refractivity contribution >= 4 is 23.2 Å². The summed E-state index contributed by atoms with van der Waals surface area (Å²) in [4.78, 5) is 16.5. The predicted octanol–water partition coefficient (Wildman–Crippen LogP) is 5.82. The Morgan fingerprint density at radius 2 is 1.70 bits per heavy atom. The summed E-state index contributed by atoms with van der Waals surface area (Å²) in [5.74, 6) is -3.28. The van der Waals surface area contributed by atoms with Crippen molar-refractivity contribution in [3.63, 3.8) is 0 Å². The van der Waals surface area contributed by atoms with Gasteiger partial charge in [-0.3, -0.25) is 4.90 Å². The fourth-order valence-electron chi connectivity index (χ4n) is 4.59. The molecule has 0 aliphatic carbocycles. The number of hydrogen-bond acceptors (Lipinski definition) is 6. The Morgan fingerprint density at radius 1 is 1.05 bits per heavy atom. The summed E-state index contributed by atoms with van der Waals surface area (Å²) in [5, 5.41) is 17.1. The molecule has 1 aliphatic heterocycles. The summed E-state index contributed by atoms with van der Waals surface area (Å²) in [6.45, 7) is 3.31. The van der Waals surface area contributed by atoms with Gasteiger partial charge in [0.05, 0.1) is 11.3 Å². The minimum Gasteiger partial charge on any atom is -0.383 e. The third-order valence-electron chi connectivity index (χ3n) is 7.12. The van der Waals surface area contributed by atoms with Crippen molar-refractivity contribution in [1.29, 1.82) is 5.26 Å². The van der Waals surface area contributed by atoms with Gasteiger partial charge in [0.15, 0.2) is 0 Å². The van der Waals surface area contributed by atoms with Crippen LogP contribution in [0.2, 0.25) is 0 Å². The fraction of sp³-hybridized carbons (Fsp3) is 0.370. The highest BCUT2D eigenvalue weighted by molar-refractivity contribution is 6.00. The van der Waals surface area contributed by atoms with Crippen molar-refractivity contribution in [2.45, 2.75) is 31.9 Å². The monoisotopic (exact) mass is 630 g/mol. The smallest absolute Gasteiger partial charge is 0.383 e. The number of nitrogens with two attached hydrogens (primary N) is 1. The summed E-state index contributed by atoms with van der Waals surface area (Å²) in [6.07, 6.45) is -9.56. The minimum absolute atomic E-state index is 0.00107. The number of aromatic nitrogens is 2. The Bertz CT molecular complexity index is 1590. The maximum Gasteiger partial charge on any atom is 0.416 e. The normalized spacial score (nSPS) is 15.6. The van der Waals surface area contributed by atoms with E-state index < -0.39 is 69.9 Å². The molecule has 4 rings (SSSR count). The Balaban J connectivity index is 1.54. The zero-order valence-electron chi connectivity index (χ0n) is 23.2. The number of halogens is 8. The number of rotatable bonds is 6. The lowest BCUT2D eigenvalue weighted by Gasteiger charge is -2.33. The maximum absolute atomic E-state index is 15.0. The molecule has 0 saturated carbocycles. The van der Waals surface area contributed by atoms with Crippen molar-refractivity contribution in [3.05, 3.63) is 58.7 Å². The summed E-state index contributed by atoms with van der Waals surface area (Å²) in [7, 11) is 1.91. The highest BCUT2D eigenvalue weighted by atomic mass is 19.4. The van der Waals surface area contributed by atoms with Crippen molar-refractivity contribution in [3.8, 4) is 17.3 Å². The molecule has 1 atom stereocenters. The molecule has 1 aromatic heterocycles. The lowest BCUT2D eigenvalue weighted by molar-refractivity contribution is -0.164. The average molecular weight is 631 g/mol. The topological polar surface area (TPSA) is 115 Å². The van der Waals surface area contributed by atoms with E-state index in [9.17, 15) is 40.8 Å². The van der Waals surface area contributed by atoms with Gasteiger partial charge in [0.1, 0.15) is 40.8 Å². The van der Waals surface area contributed by atoms with Crippen LogP contribution in [-0.2, 0) is 12.7 Å². The number of amides is 2. The van der Waals surface area contributed by atoms with Crippen LogP contribution in [-0.4, -0.2) is 65.0 Å². The van der Waals surface area contributed by atoms with Gasteiger partial charge in [-0.05, 0) is 37.7 Å². The molecule has 1 saturated heterocycles. The second-order valence-corrected chi connectivity index (χ2v) is 10.2. The van der Waals surface area contributed by atoms with E-state index in [4.69, 9.17) is 5.73 Å².